The van der Waals surface area contributed by atoms with Crippen molar-refractivity contribution in [1.82, 2.24) is 0 Å². The number of benzene rings is 1. The molecule has 0 heterocycles. The van der Waals surface area contributed by atoms with Crippen LogP contribution in [0, 0.1) is 11.6 Å². The van der Waals surface area contributed by atoms with Gasteiger partial charge in [0.25, 0.3) is 0 Å². The van der Waals surface area contributed by atoms with Crippen molar-refractivity contribution in [3.8, 4) is 0 Å². The van der Waals surface area contributed by atoms with Gasteiger partial charge in [-0.25, -0.2) is 17.2 Å². The molecule has 0 aliphatic heterocycles. The zero-order chi connectivity index (χ0) is 16.4. The van der Waals surface area contributed by atoms with Crippen LogP contribution in [0.1, 0.15) is 24.2 Å². The summed E-state index contributed by atoms with van der Waals surface area (Å²) < 4.78 is 87.0. The lowest BCUT2D eigenvalue weighted by atomic mass is 10.1. The molecule has 1 rings (SSSR count). The third-order valence-electron chi connectivity index (χ3n) is 2.88. The van der Waals surface area contributed by atoms with Crippen molar-refractivity contribution in [1.29, 1.82) is 0 Å². The van der Waals surface area contributed by atoms with Crippen molar-refractivity contribution in [3.05, 3.63) is 35.4 Å². The SMILES string of the molecule is CC[C@@H](c1ccc(F)cc1F)S(=O)(=O)C[C@H](O)C(F)(F)F. The van der Waals surface area contributed by atoms with Crippen molar-refractivity contribution in [3.63, 3.8) is 0 Å². The van der Waals surface area contributed by atoms with E-state index in [1.54, 1.807) is 0 Å². The second kappa shape index (κ2) is 6.27. The van der Waals surface area contributed by atoms with Gasteiger partial charge in [0.2, 0.25) is 0 Å². The smallest absolute Gasteiger partial charge is 0.383 e. The minimum absolute atomic E-state index is 0.213. The molecular weight excluding hydrogens is 319 g/mol. The summed E-state index contributed by atoms with van der Waals surface area (Å²) >= 11 is 0. The molecule has 0 radical (unpaired) electrons. The molecule has 0 unspecified atom stereocenters. The Kier molecular flexibility index (Phi) is 5.32. The number of halogens is 5. The molecule has 1 N–H and O–H groups in total. The average Bonchev–Trinajstić information content (AvgIpc) is 2.30. The number of hydrogen-bond acceptors (Lipinski definition) is 3. The van der Waals surface area contributed by atoms with Crippen LogP contribution in [0.5, 0.6) is 0 Å². The largest absolute Gasteiger partial charge is 0.415 e. The number of rotatable bonds is 5. The summed E-state index contributed by atoms with van der Waals surface area (Å²) in [6.07, 6.45) is -8.36. The summed E-state index contributed by atoms with van der Waals surface area (Å²) in [4.78, 5) is 0. The minimum atomic E-state index is -5.09. The summed E-state index contributed by atoms with van der Waals surface area (Å²) in [7, 11) is -4.48. The van der Waals surface area contributed by atoms with E-state index in [9.17, 15) is 30.4 Å². The van der Waals surface area contributed by atoms with E-state index < -0.39 is 50.3 Å². The topological polar surface area (TPSA) is 54.4 Å². The van der Waals surface area contributed by atoms with Crippen LogP contribution in [-0.2, 0) is 9.84 Å². The van der Waals surface area contributed by atoms with Crippen LogP contribution in [0.15, 0.2) is 18.2 Å². The number of aliphatic hydroxyl groups is 1. The Bertz CT molecular complexity index is 597. The van der Waals surface area contributed by atoms with Crippen LogP contribution in [0.3, 0.4) is 0 Å². The standard InChI is InChI=1S/C12H13F5O3S/c1-2-10(8-4-3-7(13)5-9(8)14)21(19,20)6-11(18)12(15,16)17/h3-5,10-11,18H,2,6H2,1H3/t10-,11-/m0/s1. The molecule has 0 saturated heterocycles. The zero-order valence-corrected chi connectivity index (χ0v) is 11.7. The molecule has 0 aliphatic carbocycles. The lowest BCUT2D eigenvalue weighted by molar-refractivity contribution is -0.196. The highest BCUT2D eigenvalue weighted by atomic mass is 32.2. The molecule has 0 saturated carbocycles. The van der Waals surface area contributed by atoms with Crippen LogP contribution >= 0.6 is 0 Å². The Balaban J connectivity index is 3.14. The number of hydrogen-bond donors (Lipinski definition) is 1. The zero-order valence-electron chi connectivity index (χ0n) is 10.9. The highest BCUT2D eigenvalue weighted by Gasteiger charge is 2.43. The van der Waals surface area contributed by atoms with Gasteiger partial charge in [-0.05, 0) is 12.5 Å². The Labute approximate surface area is 118 Å². The second-order valence-corrected chi connectivity index (χ2v) is 6.68. The molecule has 0 bridgehead atoms. The van der Waals surface area contributed by atoms with E-state index in [0.29, 0.717) is 6.07 Å². The van der Waals surface area contributed by atoms with E-state index in [-0.39, 0.29) is 6.42 Å². The van der Waals surface area contributed by atoms with E-state index >= 15 is 0 Å². The van der Waals surface area contributed by atoms with Crippen LogP contribution in [-0.4, -0.2) is 31.6 Å². The summed E-state index contributed by atoms with van der Waals surface area (Å²) in [6.45, 7) is 1.34. The number of aliphatic hydroxyl groups excluding tert-OH is 1. The molecular formula is C12H13F5O3S. The lowest BCUT2D eigenvalue weighted by Gasteiger charge is -2.20. The van der Waals surface area contributed by atoms with Crippen LogP contribution in [0.25, 0.3) is 0 Å². The first kappa shape index (κ1) is 17.8. The van der Waals surface area contributed by atoms with Crippen molar-refractivity contribution in [2.75, 3.05) is 5.75 Å². The first-order valence-electron chi connectivity index (χ1n) is 5.90. The minimum Gasteiger partial charge on any atom is -0.383 e. The molecule has 21 heavy (non-hydrogen) atoms. The fourth-order valence-electron chi connectivity index (χ4n) is 1.86. The number of sulfone groups is 1. The molecule has 120 valence electrons. The fraction of sp³-hybridized carbons (Fsp3) is 0.500. The first-order chi connectivity index (χ1) is 9.49. The molecule has 1 aromatic carbocycles. The first-order valence-corrected chi connectivity index (χ1v) is 7.62. The normalized spacial score (nSPS) is 15.8. The molecule has 3 nitrogen and oxygen atoms in total. The predicted molar refractivity (Wildman–Crippen MR) is 65.2 cm³/mol. The van der Waals surface area contributed by atoms with E-state index in [0.717, 1.165) is 12.1 Å². The number of alkyl halides is 3. The van der Waals surface area contributed by atoms with E-state index in [1.807, 2.05) is 0 Å². The van der Waals surface area contributed by atoms with E-state index in [4.69, 9.17) is 5.11 Å². The van der Waals surface area contributed by atoms with Crippen LogP contribution < -0.4 is 0 Å². The monoisotopic (exact) mass is 332 g/mol. The predicted octanol–water partition coefficient (Wildman–Crippen LogP) is 2.75. The van der Waals surface area contributed by atoms with Gasteiger partial charge in [0.05, 0.1) is 11.0 Å². The van der Waals surface area contributed by atoms with Crippen molar-refractivity contribution in [2.24, 2.45) is 0 Å². The Hall–Kier alpha value is -1.22. The molecule has 0 spiro atoms. The maximum atomic E-state index is 13.6. The van der Waals surface area contributed by atoms with Gasteiger partial charge in [-0.3, -0.25) is 0 Å². The van der Waals surface area contributed by atoms with Gasteiger partial charge in [-0.1, -0.05) is 13.0 Å². The van der Waals surface area contributed by atoms with Crippen molar-refractivity contribution < 1.29 is 35.5 Å². The summed E-state index contributed by atoms with van der Waals surface area (Å²) in [5.74, 6) is -3.67. The molecule has 2 atom stereocenters. The van der Waals surface area contributed by atoms with Crippen LogP contribution in [0.2, 0.25) is 0 Å². The van der Waals surface area contributed by atoms with Gasteiger partial charge in [0.1, 0.15) is 11.6 Å². The molecule has 1 aromatic rings. The average molecular weight is 332 g/mol. The third-order valence-corrected chi connectivity index (χ3v) is 5.12. The van der Waals surface area contributed by atoms with E-state index in [2.05, 4.69) is 0 Å². The van der Waals surface area contributed by atoms with E-state index in [1.165, 1.54) is 6.92 Å². The van der Waals surface area contributed by atoms with Gasteiger partial charge in [0.15, 0.2) is 15.9 Å². The molecule has 0 amide bonds. The van der Waals surface area contributed by atoms with Gasteiger partial charge < -0.3 is 5.11 Å². The molecule has 9 heteroatoms. The van der Waals surface area contributed by atoms with Crippen LogP contribution in [0.4, 0.5) is 22.0 Å². The van der Waals surface area contributed by atoms with Gasteiger partial charge >= 0.3 is 6.18 Å². The van der Waals surface area contributed by atoms with Gasteiger partial charge in [0, 0.05) is 11.6 Å². The maximum Gasteiger partial charge on any atom is 0.415 e. The highest BCUT2D eigenvalue weighted by molar-refractivity contribution is 7.91. The summed E-state index contributed by atoms with van der Waals surface area (Å²) in [5.41, 5.74) is -0.423. The highest BCUT2D eigenvalue weighted by Crippen LogP contribution is 2.31. The Morgan fingerprint density at radius 2 is 1.81 bits per heavy atom. The van der Waals surface area contributed by atoms with Gasteiger partial charge in [-0.15, -0.1) is 0 Å². The summed E-state index contributed by atoms with van der Waals surface area (Å²) in [5, 5.41) is 7.28. The Morgan fingerprint density at radius 3 is 2.24 bits per heavy atom. The molecule has 0 aromatic heterocycles. The quantitative estimate of drug-likeness (QED) is 0.844. The molecule has 0 aliphatic rings. The third kappa shape index (κ3) is 4.37. The van der Waals surface area contributed by atoms with Crippen molar-refractivity contribution in [2.45, 2.75) is 30.9 Å². The van der Waals surface area contributed by atoms with Gasteiger partial charge in [-0.2, -0.15) is 13.2 Å². The summed E-state index contributed by atoms with van der Waals surface area (Å²) in [6, 6.07) is 2.14. The maximum absolute atomic E-state index is 13.6. The second-order valence-electron chi connectivity index (χ2n) is 4.45. The Morgan fingerprint density at radius 1 is 1.24 bits per heavy atom. The lowest BCUT2D eigenvalue weighted by Crippen LogP contribution is -2.37. The van der Waals surface area contributed by atoms with Crippen molar-refractivity contribution >= 4 is 9.84 Å². The molecule has 0 fully saturated rings. The fourth-order valence-corrected chi connectivity index (χ4v) is 3.81.